The number of nitrogens with zero attached hydrogens (tertiary/aromatic N) is 1. The van der Waals surface area contributed by atoms with Gasteiger partial charge in [0, 0.05) is 18.7 Å². The van der Waals surface area contributed by atoms with Gasteiger partial charge >= 0.3 is 0 Å². The Bertz CT molecular complexity index is 1110. The topological polar surface area (TPSA) is 69.6 Å². The number of aliphatic hydroxyl groups is 1. The molecule has 36 heavy (non-hydrogen) atoms. The van der Waals surface area contributed by atoms with Gasteiger partial charge in [-0.2, -0.15) is 0 Å². The highest BCUT2D eigenvalue weighted by molar-refractivity contribution is 6.01. The Morgan fingerprint density at radius 1 is 1.00 bits per heavy atom. The van der Waals surface area contributed by atoms with Gasteiger partial charge in [-0.25, -0.2) is 0 Å². The van der Waals surface area contributed by atoms with Crippen molar-refractivity contribution in [3.8, 4) is 0 Å². The van der Waals surface area contributed by atoms with Crippen molar-refractivity contribution in [2.75, 3.05) is 13.1 Å². The second-order valence-corrected chi connectivity index (χ2v) is 12.1. The van der Waals surface area contributed by atoms with E-state index in [9.17, 15) is 14.7 Å². The standard InChI is InChI=1S/C31H38N2O3/c1-2-11-32-29(35)27-25-5-3-4-6-26(25)30(36)33(28(27)24-9-7-20(18-34)8-10-24)19-31-15-21-12-22(16-31)14-23(13-21)17-31/h3-10,21-23,27-28,34H,2,11-19H2,1H3,(H,32,35)/t21?,22?,23?,27-,28+,31?/m1/s1. The maximum atomic E-state index is 14.2. The van der Waals surface area contributed by atoms with Gasteiger partial charge in [0.1, 0.15) is 0 Å². The van der Waals surface area contributed by atoms with Crippen molar-refractivity contribution in [1.29, 1.82) is 0 Å². The molecule has 7 rings (SSSR count). The molecule has 5 aliphatic rings. The van der Waals surface area contributed by atoms with Gasteiger partial charge in [0.25, 0.3) is 5.91 Å². The van der Waals surface area contributed by atoms with E-state index in [1.165, 1.54) is 38.5 Å². The lowest BCUT2D eigenvalue weighted by Gasteiger charge is -2.59. The van der Waals surface area contributed by atoms with Gasteiger partial charge in [0.15, 0.2) is 0 Å². The maximum Gasteiger partial charge on any atom is 0.254 e. The van der Waals surface area contributed by atoms with Crippen LogP contribution in [-0.4, -0.2) is 34.9 Å². The highest BCUT2D eigenvalue weighted by Gasteiger charge is 2.54. The Morgan fingerprint density at radius 2 is 1.64 bits per heavy atom. The average molecular weight is 487 g/mol. The molecule has 2 atom stereocenters. The van der Waals surface area contributed by atoms with Gasteiger partial charge in [-0.05, 0) is 90.9 Å². The molecule has 0 radical (unpaired) electrons. The summed E-state index contributed by atoms with van der Waals surface area (Å²) < 4.78 is 0. The zero-order chi connectivity index (χ0) is 24.9. The maximum absolute atomic E-state index is 14.2. The first-order valence-electron chi connectivity index (χ1n) is 13.9. The third-order valence-corrected chi connectivity index (χ3v) is 9.44. The van der Waals surface area contributed by atoms with E-state index in [1.807, 2.05) is 48.5 Å². The lowest BCUT2D eigenvalue weighted by atomic mass is 9.49. The van der Waals surface area contributed by atoms with Crippen LogP contribution in [0.15, 0.2) is 48.5 Å². The number of hydrogen-bond acceptors (Lipinski definition) is 3. The summed E-state index contributed by atoms with van der Waals surface area (Å²) in [5.41, 5.74) is 3.47. The molecular formula is C31H38N2O3. The second kappa shape index (κ2) is 9.33. The molecule has 1 aliphatic heterocycles. The number of fused-ring (bicyclic) bond motifs is 1. The van der Waals surface area contributed by atoms with E-state index >= 15 is 0 Å². The molecule has 1 heterocycles. The van der Waals surface area contributed by atoms with Gasteiger partial charge in [-0.15, -0.1) is 0 Å². The minimum Gasteiger partial charge on any atom is -0.392 e. The van der Waals surface area contributed by atoms with Crippen LogP contribution in [0.1, 0.15) is 90.9 Å². The van der Waals surface area contributed by atoms with Crippen LogP contribution in [0.25, 0.3) is 0 Å². The first-order chi connectivity index (χ1) is 17.5. The number of benzene rings is 2. The minimum absolute atomic E-state index is 0.0106. The number of carbonyl (C=O) groups excluding carboxylic acids is 2. The first kappa shape index (κ1) is 23.7. The van der Waals surface area contributed by atoms with Crippen molar-refractivity contribution in [1.82, 2.24) is 10.2 Å². The summed E-state index contributed by atoms with van der Waals surface area (Å²) >= 11 is 0. The van der Waals surface area contributed by atoms with Crippen LogP contribution in [0.2, 0.25) is 0 Å². The fourth-order valence-electron chi connectivity index (χ4n) is 8.44. The van der Waals surface area contributed by atoms with Crippen LogP contribution in [0, 0.1) is 23.2 Å². The Balaban J connectivity index is 1.44. The highest BCUT2D eigenvalue weighted by atomic mass is 16.3. The average Bonchev–Trinajstić information content (AvgIpc) is 2.88. The van der Waals surface area contributed by atoms with E-state index in [0.717, 1.165) is 47.4 Å². The molecule has 4 fully saturated rings. The molecule has 4 aliphatic carbocycles. The van der Waals surface area contributed by atoms with Gasteiger partial charge in [-0.1, -0.05) is 49.4 Å². The van der Waals surface area contributed by atoms with Crippen molar-refractivity contribution in [3.63, 3.8) is 0 Å². The number of aliphatic hydroxyl groups excluding tert-OH is 1. The van der Waals surface area contributed by atoms with Crippen molar-refractivity contribution in [3.05, 3.63) is 70.8 Å². The normalized spacial score (nSPS) is 32.4. The fourth-order valence-corrected chi connectivity index (χ4v) is 8.44. The molecule has 4 bridgehead atoms. The predicted molar refractivity (Wildman–Crippen MR) is 139 cm³/mol. The van der Waals surface area contributed by atoms with Gasteiger partial charge in [0.2, 0.25) is 5.91 Å². The molecule has 0 spiro atoms. The van der Waals surface area contributed by atoms with E-state index < -0.39 is 5.92 Å². The van der Waals surface area contributed by atoms with Crippen molar-refractivity contribution < 1.29 is 14.7 Å². The van der Waals surface area contributed by atoms with Crippen molar-refractivity contribution in [2.45, 2.75) is 70.4 Å². The van der Waals surface area contributed by atoms with Crippen molar-refractivity contribution in [2.24, 2.45) is 23.2 Å². The molecule has 2 N–H and O–H groups in total. The third-order valence-electron chi connectivity index (χ3n) is 9.44. The van der Waals surface area contributed by atoms with E-state index in [4.69, 9.17) is 0 Å². The Morgan fingerprint density at radius 3 is 2.25 bits per heavy atom. The van der Waals surface area contributed by atoms with Crippen LogP contribution >= 0.6 is 0 Å². The molecule has 0 aromatic heterocycles. The van der Waals surface area contributed by atoms with Crippen LogP contribution in [0.4, 0.5) is 0 Å². The molecule has 5 heteroatoms. The monoisotopic (exact) mass is 486 g/mol. The van der Waals surface area contributed by atoms with Gasteiger partial charge in [0.05, 0.1) is 18.6 Å². The number of carbonyl (C=O) groups is 2. The Kier molecular flexibility index (Phi) is 6.15. The molecule has 2 aromatic rings. The SMILES string of the molecule is CCCNC(=O)[C@@H]1c2ccccc2C(=O)N(CC23CC4CC(CC(C4)C2)C3)[C@H]1c1ccc(CO)cc1. The molecule has 190 valence electrons. The zero-order valence-corrected chi connectivity index (χ0v) is 21.3. The van der Waals surface area contributed by atoms with E-state index in [1.54, 1.807) is 0 Å². The van der Waals surface area contributed by atoms with E-state index in [0.29, 0.717) is 12.1 Å². The van der Waals surface area contributed by atoms with Crippen LogP contribution in [0.5, 0.6) is 0 Å². The molecule has 0 saturated heterocycles. The minimum atomic E-state index is -0.459. The summed E-state index contributed by atoms with van der Waals surface area (Å²) in [5.74, 6) is 1.98. The third kappa shape index (κ3) is 4.06. The Labute approximate surface area is 214 Å². The Hall–Kier alpha value is -2.66. The smallest absolute Gasteiger partial charge is 0.254 e. The molecule has 2 aromatic carbocycles. The summed E-state index contributed by atoms with van der Waals surface area (Å²) in [5, 5.41) is 12.8. The summed E-state index contributed by atoms with van der Waals surface area (Å²) in [4.78, 5) is 30.0. The summed E-state index contributed by atoms with van der Waals surface area (Å²) in [7, 11) is 0. The molecular weight excluding hydrogens is 448 g/mol. The number of rotatable bonds is 7. The highest BCUT2D eigenvalue weighted by Crippen LogP contribution is 2.61. The summed E-state index contributed by atoms with van der Waals surface area (Å²) in [6, 6.07) is 15.2. The number of nitrogens with one attached hydrogen (secondary N) is 1. The largest absolute Gasteiger partial charge is 0.392 e. The van der Waals surface area contributed by atoms with Gasteiger partial charge in [-0.3, -0.25) is 9.59 Å². The molecule has 0 unspecified atom stereocenters. The zero-order valence-electron chi connectivity index (χ0n) is 21.3. The summed E-state index contributed by atoms with van der Waals surface area (Å²) in [6.45, 7) is 3.39. The first-order valence-corrected chi connectivity index (χ1v) is 13.9. The quantitative estimate of drug-likeness (QED) is 0.565. The lowest BCUT2D eigenvalue weighted by molar-refractivity contribution is -0.125. The fraction of sp³-hybridized carbons (Fsp3) is 0.548. The van der Waals surface area contributed by atoms with E-state index in [-0.39, 0.29) is 29.9 Å². The summed E-state index contributed by atoms with van der Waals surface area (Å²) in [6.07, 6.45) is 8.61. The van der Waals surface area contributed by atoms with E-state index in [2.05, 4.69) is 17.1 Å². The van der Waals surface area contributed by atoms with Crippen LogP contribution < -0.4 is 5.32 Å². The number of amides is 2. The molecule has 4 saturated carbocycles. The lowest BCUT2D eigenvalue weighted by Crippen LogP contribution is -2.55. The second-order valence-electron chi connectivity index (χ2n) is 12.1. The predicted octanol–water partition coefficient (Wildman–Crippen LogP) is 5.20. The number of hydrogen-bond donors (Lipinski definition) is 2. The van der Waals surface area contributed by atoms with Crippen molar-refractivity contribution >= 4 is 11.8 Å². The van der Waals surface area contributed by atoms with Crippen LogP contribution in [-0.2, 0) is 11.4 Å². The molecule has 2 amide bonds. The molecule has 5 nitrogen and oxygen atoms in total. The van der Waals surface area contributed by atoms with Crippen LogP contribution in [0.3, 0.4) is 0 Å². The van der Waals surface area contributed by atoms with Gasteiger partial charge < -0.3 is 15.3 Å².